The van der Waals surface area contributed by atoms with Crippen LogP contribution in [0.25, 0.3) is 11.0 Å². The number of benzene rings is 1. The number of hydrogen-bond donors (Lipinski definition) is 1. The molecule has 0 aliphatic carbocycles. The van der Waals surface area contributed by atoms with Gasteiger partial charge in [-0.05, 0) is 31.9 Å². The molecule has 1 aromatic heterocycles. The quantitative estimate of drug-likeness (QED) is 0.884. The van der Waals surface area contributed by atoms with Crippen molar-refractivity contribution in [1.29, 1.82) is 0 Å². The van der Waals surface area contributed by atoms with Gasteiger partial charge in [0, 0.05) is 19.1 Å². The number of para-hydroxylation sites is 2. The van der Waals surface area contributed by atoms with Crippen LogP contribution in [0.1, 0.15) is 19.8 Å². The highest BCUT2D eigenvalue weighted by molar-refractivity contribution is 5.80. The van der Waals surface area contributed by atoms with Crippen LogP contribution >= 0.6 is 0 Å². The topological polar surface area (TPSA) is 93.5 Å². The zero-order valence-electron chi connectivity index (χ0n) is 14.7. The van der Waals surface area contributed by atoms with E-state index >= 15 is 0 Å². The Kier molecular flexibility index (Phi) is 5.50. The van der Waals surface area contributed by atoms with Gasteiger partial charge in [0.05, 0.1) is 23.8 Å². The van der Waals surface area contributed by atoms with Gasteiger partial charge in [-0.15, -0.1) is 0 Å². The molecule has 1 aliphatic heterocycles. The molecule has 0 unspecified atom stereocenters. The fourth-order valence-corrected chi connectivity index (χ4v) is 3.12. The number of aromatic nitrogens is 2. The molecule has 2 heterocycles. The van der Waals surface area contributed by atoms with Crippen molar-refractivity contribution in [1.82, 2.24) is 19.8 Å². The third-order valence-electron chi connectivity index (χ3n) is 4.44. The van der Waals surface area contributed by atoms with Crippen molar-refractivity contribution in [2.45, 2.75) is 32.4 Å². The molecule has 3 rings (SSSR count). The number of hydrogen-bond acceptors (Lipinski definition) is 5. The van der Waals surface area contributed by atoms with Crippen molar-refractivity contribution >= 4 is 23.0 Å². The molecule has 8 heteroatoms. The number of carbonyl (C=O) groups excluding carboxylic acids is 2. The maximum atomic E-state index is 12.4. The lowest BCUT2D eigenvalue weighted by Gasteiger charge is -2.31. The Morgan fingerprint density at radius 3 is 2.73 bits per heavy atom. The summed E-state index contributed by atoms with van der Waals surface area (Å²) in [5.41, 5.74) is 0.992. The Hall–Kier alpha value is -2.90. The lowest BCUT2D eigenvalue weighted by Crippen LogP contribution is -2.47. The molecule has 0 radical (unpaired) electrons. The minimum absolute atomic E-state index is 0.0167. The van der Waals surface area contributed by atoms with E-state index < -0.39 is 0 Å². The SMILES string of the molecule is CCOC(=O)N1CCC(NC(=O)Cn2c(=O)cnc3ccccc32)CC1. The van der Waals surface area contributed by atoms with E-state index in [1.54, 1.807) is 24.0 Å². The zero-order chi connectivity index (χ0) is 18.5. The molecule has 2 aromatic rings. The number of nitrogens with zero attached hydrogens (tertiary/aromatic N) is 3. The van der Waals surface area contributed by atoms with E-state index in [2.05, 4.69) is 10.3 Å². The molecule has 0 saturated carbocycles. The number of rotatable bonds is 4. The van der Waals surface area contributed by atoms with E-state index in [1.165, 1.54) is 10.8 Å². The third kappa shape index (κ3) is 4.01. The molecule has 1 aliphatic rings. The number of carbonyl (C=O) groups is 2. The average Bonchev–Trinajstić information content (AvgIpc) is 2.65. The molecule has 0 bridgehead atoms. The Morgan fingerprint density at radius 1 is 1.27 bits per heavy atom. The van der Waals surface area contributed by atoms with Crippen LogP contribution in [0, 0.1) is 0 Å². The minimum Gasteiger partial charge on any atom is -0.450 e. The second-order valence-corrected chi connectivity index (χ2v) is 6.20. The maximum Gasteiger partial charge on any atom is 0.409 e. The summed E-state index contributed by atoms with van der Waals surface area (Å²) in [6.45, 7) is 3.16. The smallest absolute Gasteiger partial charge is 0.409 e. The van der Waals surface area contributed by atoms with Gasteiger partial charge < -0.3 is 15.0 Å². The molecule has 0 atom stereocenters. The Balaban J connectivity index is 1.60. The summed E-state index contributed by atoms with van der Waals surface area (Å²) >= 11 is 0. The van der Waals surface area contributed by atoms with Crippen molar-refractivity contribution in [3.63, 3.8) is 0 Å². The molecule has 1 fully saturated rings. The normalized spacial score (nSPS) is 15.0. The standard InChI is InChI=1S/C18H22N4O4/c1-2-26-18(25)21-9-7-13(8-10-21)20-16(23)12-22-15-6-4-3-5-14(15)19-11-17(22)24/h3-6,11,13H,2,7-10,12H2,1H3,(H,20,23). The molecular formula is C18H22N4O4. The summed E-state index contributed by atoms with van der Waals surface area (Å²) in [6, 6.07) is 7.20. The number of ether oxygens (including phenoxy) is 1. The summed E-state index contributed by atoms with van der Waals surface area (Å²) in [5, 5.41) is 2.95. The fraction of sp³-hybridized carbons (Fsp3) is 0.444. The van der Waals surface area contributed by atoms with Gasteiger partial charge >= 0.3 is 6.09 Å². The lowest BCUT2D eigenvalue weighted by atomic mass is 10.1. The maximum absolute atomic E-state index is 12.4. The molecule has 1 N–H and O–H groups in total. The second-order valence-electron chi connectivity index (χ2n) is 6.20. The number of amides is 2. The lowest BCUT2D eigenvalue weighted by molar-refractivity contribution is -0.122. The first-order chi connectivity index (χ1) is 12.6. The van der Waals surface area contributed by atoms with Crippen LogP contribution in [0.2, 0.25) is 0 Å². The Labute approximate surface area is 150 Å². The van der Waals surface area contributed by atoms with Crippen LogP contribution in [-0.2, 0) is 16.1 Å². The van der Waals surface area contributed by atoms with Gasteiger partial charge in [-0.1, -0.05) is 12.1 Å². The largest absolute Gasteiger partial charge is 0.450 e. The summed E-state index contributed by atoms with van der Waals surface area (Å²) in [5.74, 6) is -0.224. The van der Waals surface area contributed by atoms with E-state index in [0.29, 0.717) is 43.6 Å². The molecule has 1 saturated heterocycles. The number of piperidine rings is 1. The predicted molar refractivity (Wildman–Crippen MR) is 95.8 cm³/mol. The molecule has 0 spiro atoms. The van der Waals surface area contributed by atoms with E-state index in [-0.39, 0.29) is 30.1 Å². The van der Waals surface area contributed by atoms with Gasteiger partial charge in [0.2, 0.25) is 5.91 Å². The van der Waals surface area contributed by atoms with Gasteiger partial charge in [-0.2, -0.15) is 0 Å². The number of likely N-dealkylation sites (tertiary alicyclic amines) is 1. The zero-order valence-corrected chi connectivity index (χ0v) is 14.7. The summed E-state index contributed by atoms with van der Waals surface area (Å²) in [4.78, 5) is 41.9. The van der Waals surface area contributed by atoms with Crippen molar-refractivity contribution < 1.29 is 14.3 Å². The van der Waals surface area contributed by atoms with Gasteiger partial charge in [-0.25, -0.2) is 9.78 Å². The van der Waals surface area contributed by atoms with Crippen molar-refractivity contribution in [3.05, 3.63) is 40.8 Å². The average molecular weight is 358 g/mol. The highest BCUT2D eigenvalue weighted by atomic mass is 16.6. The van der Waals surface area contributed by atoms with E-state index in [0.717, 1.165) is 0 Å². The summed E-state index contributed by atoms with van der Waals surface area (Å²) in [6.07, 6.45) is 2.24. The van der Waals surface area contributed by atoms with Crippen LogP contribution in [-0.4, -0.2) is 52.2 Å². The van der Waals surface area contributed by atoms with Gasteiger partial charge in [0.1, 0.15) is 6.54 Å². The number of nitrogens with one attached hydrogen (secondary N) is 1. The van der Waals surface area contributed by atoms with Crippen LogP contribution in [0.4, 0.5) is 4.79 Å². The summed E-state index contributed by atoms with van der Waals surface area (Å²) < 4.78 is 6.41. The first kappa shape index (κ1) is 17.9. The first-order valence-electron chi connectivity index (χ1n) is 8.74. The van der Waals surface area contributed by atoms with E-state index in [9.17, 15) is 14.4 Å². The van der Waals surface area contributed by atoms with Gasteiger partial charge in [-0.3, -0.25) is 14.2 Å². The fourth-order valence-electron chi connectivity index (χ4n) is 3.12. The van der Waals surface area contributed by atoms with Gasteiger partial charge in [0.15, 0.2) is 0 Å². The monoisotopic (exact) mass is 358 g/mol. The Bertz CT molecular complexity index is 856. The Morgan fingerprint density at radius 2 is 2.00 bits per heavy atom. The van der Waals surface area contributed by atoms with Crippen molar-refractivity contribution in [2.75, 3.05) is 19.7 Å². The van der Waals surface area contributed by atoms with Crippen molar-refractivity contribution in [3.8, 4) is 0 Å². The van der Waals surface area contributed by atoms with Crippen LogP contribution in [0.3, 0.4) is 0 Å². The molecule has 138 valence electrons. The predicted octanol–water partition coefficient (Wildman–Crippen LogP) is 1.13. The van der Waals surface area contributed by atoms with E-state index in [4.69, 9.17) is 4.74 Å². The van der Waals surface area contributed by atoms with Crippen LogP contribution in [0.5, 0.6) is 0 Å². The molecule has 8 nitrogen and oxygen atoms in total. The molecule has 1 aromatic carbocycles. The van der Waals surface area contributed by atoms with Crippen molar-refractivity contribution in [2.24, 2.45) is 0 Å². The van der Waals surface area contributed by atoms with Crippen LogP contribution in [0.15, 0.2) is 35.3 Å². The summed E-state index contributed by atoms with van der Waals surface area (Å²) in [7, 11) is 0. The number of fused-ring (bicyclic) bond motifs is 1. The van der Waals surface area contributed by atoms with Crippen LogP contribution < -0.4 is 10.9 Å². The minimum atomic E-state index is -0.313. The van der Waals surface area contributed by atoms with Gasteiger partial charge in [0.25, 0.3) is 5.56 Å². The van der Waals surface area contributed by atoms with E-state index in [1.807, 2.05) is 12.1 Å². The molecule has 2 amide bonds. The third-order valence-corrected chi connectivity index (χ3v) is 4.44. The first-order valence-corrected chi connectivity index (χ1v) is 8.74. The molecular weight excluding hydrogens is 336 g/mol. The highest BCUT2D eigenvalue weighted by Gasteiger charge is 2.24. The second kappa shape index (κ2) is 7.99. The highest BCUT2D eigenvalue weighted by Crippen LogP contribution is 2.12. The molecule has 26 heavy (non-hydrogen) atoms.